The van der Waals surface area contributed by atoms with Gasteiger partial charge in [-0.25, -0.2) is 9.37 Å². The number of unbranched alkanes of at least 4 members (excludes halogenated alkanes) is 1. The number of nitrogens with one attached hydrogen (secondary N) is 1. The van der Waals surface area contributed by atoms with Crippen molar-refractivity contribution in [3.8, 4) is 0 Å². The van der Waals surface area contributed by atoms with Gasteiger partial charge in [-0.3, -0.25) is 4.79 Å². The number of fused-ring (bicyclic) bond motifs is 1. The molecule has 0 bridgehead atoms. The molecule has 29 heavy (non-hydrogen) atoms. The summed E-state index contributed by atoms with van der Waals surface area (Å²) in [5.41, 5.74) is 7.93. The molecule has 0 aromatic carbocycles. The number of rotatable bonds is 13. The number of hydrogen-bond acceptors (Lipinski definition) is 6. The van der Waals surface area contributed by atoms with Crippen LogP contribution in [-0.2, 0) is 22.4 Å². The van der Waals surface area contributed by atoms with Crippen molar-refractivity contribution in [3.05, 3.63) is 23.4 Å². The summed E-state index contributed by atoms with van der Waals surface area (Å²) in [6.07, 6.45) is 4.12. The summed E-state index contributed by atoms with van der Waals surface area (Å²) in [6, 6.07) is 3.32. The zero-order chi connectivity index (χ0) is 20.4. The van der Waals surface area contributed by atoms with Gasteiger partial charge in [0.25, 0.3) is 0 Å². The Balaban J connectivity index is 0.00000420. The number of pyridine rings is 1. The molecule has 9 heteroatoms. The average Bonchev–Trinajstić information content (AvgIpc) is 2.68. The molecular formula is C20H34ClFN4O3. The lowest BCUT2D eigenvalue weighted by molar-refractivity contribution is -0.138. The molecular weight excluding hydrogens is 399 g/mol. The minimum absolute atomic E-state index is 0. The monoisotopic (exact) mass is 432 g/mol. The van der Waals surface area contributed by atoms with Gasteiger partial charge in [0.1, 0.15) is 18.0 Å². The van der Waals surface area contributed by atoms with E-state index in [-0.39, 0.29) is 25.6 Å². The molecule has 0 radical (unpaired) electrons. The second kappa shape index (κ2) is 13.7. The van der Waals surface area contributed by atoms with E-state index in [1.807, 2.05) is 4.90 Å². The lowest BCUT2D eigenvalue weighted by Crippen LogP contribution is -2.39. The third-order valence-corrected chi connectivity index (χ3v) is 4.99. The van der Waals surface area contributed by atoms with E-state index < -0.39 is 18.2 Å². The Labute approximate surface area is 178 Å². The van der Waals surface area contributed by atoms with Crippen LogP contribution in [0.3, 0.4) is 0 Å². The Hall–Kier alpha value is -1.48. The van der Waals surface area contributed by atoms with E-state index in [9.17, 15) is 9.18 Å². The van der Waals surface area contributed by atoms with Crippen LogP contribution in [0.4, 0.5) is 10.2 Å². The van der Waals surface area contributed by atoms with Crippen molar-refractivity contribution in [1.82, 2.24) is 9.88 Å². The SMILES string of the molecule is COC[C@@H](F)CN(CCCCc1ccc2c(n1)NCCC2)CCC(N)C(=O)O.Cl. The number of nitrogens with zero attached hydrogens (tertiary/aromatic N) is 2. The largest absolute Gasteiger partial charge is 0.480 e. The maximum atomic E-state index is 13.9. The highest BCUT2D eigenvalue weighted by Crippen LogP contribution is 2.20. The van der Waals surface area contributed by atoms with Crippen LogP contribution in [0.15, 0.2) is 12.1 Å². The quantitative estimate of drug-likeness (QED) is 0.411. The van der Waals surface area contributed by atoms with Crippen LogP contribution in [0.2, 0.25) is 0 Å². The summed E-state index contributed by atoms with van der Waals surface area (Å²) < 4.78 is 18.8. The lowest BCUT2D eigenvalue weighted by atomic mass is 10.1. The number of carbonyl (C=O) groups is 1. The van der Waals surface area contributed by atoms with Gasteiger partial charge in [0.15, 0.2) is 0 Å². The standard InChI is InChI=1S/C20H33FN4O3.ClH/c1-28-14-16(21)13-25(12-9-18(22)20(26)27)11-3-2-6-17-8-7-15-5-4-10-23-19(15)24-17;/h7-8,16,18H,2-6,9-14,22H2,1H3,(H,23,24)(H,26,27);1H/t16-,18?;/m0./s1. The molecule has 2 heterocycles. The minimum atomic E-state index is -1.10. The average molecular weight is 433 g/mol. The number of nitrogens with two attached hydrogens (primary N) is 1. The number of carboxylic acid groups (broad SMARTS) is 1. The van der Waals surface area contributed by atoms with Gasteiger partial charge in [-0.05, 0) is 56.7 Å². The topological polar surface area (TPSA) is 101 Å². The third kappa shape index (κ3) is 9.25. The first kappa shape index (κ1) is 25.6. The molecule has 1 unspecified atom stereocenters. The first-order valence-corrected chi connectivity index (χ1v) is 10.1. The molecule has 4 N–H and O–H groups in total. The number of anilines is 1. The third-order valence-electron chi connectivity index (χ3n) is 4.99. The molecule has 166 valence electrons. The summed E-state index contributed by atoms with van der Waals surface area (Å²) in [6.45, 7) is 2.38. The van der Waals surface area contributed by atoms with E-state index in [4.69, 9.17) is 20.6 Å². The number of halogens is 2. The molecule has 0 spiro atoms. The van der Waals surface area contributed by atoms with Crippen molar-refractivity contribution in [1.29, 1.82) is 0 Å². The molecule has 7 nitrogen and oxygen atoms in total. The van der Waals surface area contributed by atoms with Crippen LogP contribution < -0.4 is 11.1 Å². The number of aryl methyl sites for hydroxylation is 2. The van der Waals surface area contributed by atoms with E-state index in [1.54, 1.807) is 0 Å². The lowest BCUT2D eigenvalue weighted by Gasteiger charge is -2.24. The Morgan fingerprint density at radius 3 is 2.93 bits per heavy atom. The Bertz CT molecular complexity index is 623. The second-order valence-corrected chi connectivity index (χ2v) is 7.38. The summed E-state index contributed by atoms with van der Waals surface area (Å²) in [7, 11) is 1.47. The molecule has 2 rings (SSSR count). The second-order valence-electron chi connectivity index (χ2n) is 7.38. The van der Waals surface area contributed by atoms with Gasteiger partial charge in [0.05, 0.1) is 6.61 Å². The van der Waals surface area contributed by atoms with E-state index in [0.29, 0.717) is 19.5 Å². The van der Waals surface area contributed by atoms with Crippen LogP contribution in [0.1, 0.15) is 36.9 Å². The highest BCUT2D eigenvalue weighted by Gasteiger charge is 2.17. The van der Waals surface area contributed by atoms with Gasteiger partial charge in [0.2, 0.25) is 0 Å². The highest BCUT2D eigenvalue weighted by atomic mass is 35.5. The summed E-state index contributed by atoms with van der Waals surface area (Å²) >= 11 is 0. The Kier molecular flexibility index (Phi) is 12.1. The van der Waals surface area contributed by atoms with Crippen LogP contribution in [0.25, 0.3) is 0 Å². The maximum absolute atomic E-state index is 13.9. The van der Waals surface area contributed by atoms with Gasteiger partial charge in [0, 0.05) is 32.4 Å². The number of carboxylic acids is 1. The number of methoxy groups -OCH3 is 1. The predicted molar refractivity (Wildman–Crippen MR) is 115 cm³/mol. The van der Waals surface area contributed by atoms with Crippen molar-refractivity contribution >= 4 is 24.2 Å². The Morgan fingerprint density at radius 2 is 2.21 bits per heavy atom. The zero-order valence-corrected chi connectivity index (χ0v) is 17.9. The van der Waals surface area contributed by atoms with Crippen molar-refractivity contribution in [2.24, 2.45) is 5.73 Å². The van der Waals surface area contributed by atoms with Crippen LogP contribution in [-0.4, -0.2) is 73.1 Å². The van der Waals surface area contributed by atoms with Gasteiger partial charge in [-0.15, -0.1) is 12.4 Å². The normalized spacial score (nSPS) is 15.2. The fourth-order valence-electron chi connectivity index (χ4n) is 3.40. The molecule has 1 aliphatic heterocycles. The molecule has 0 saturated heterocycles. The molecule has 1 aromatic rings. The first-order valence-electron chi connectivity index (χ1n) is 10.1. The smallest absolute Gasteiger partial charge is 0.320 e. The van der Waals surface area contributed by atoms with Crippen molar-refractivity contribution in [2.45, 2.75) is 50.7 Å². The van der Waals surface area contributed by atoms with Crippen LogP contribution in [0, 0.1) is 0 Å². The maximum Gasteiger partial charge on any atom is 0.320 e. The van der Waals surface area contributed by atoms with Crippen LogP contribution in [0.5, 0.6) is 0 Å². The molecule has 0 saturated carbocycles. The molecule has 2 atom stereocenters. The number of aliphatic carboxylic acids is 1. The van der Waals surface area contributed by atoms with Crippen molar-refractivity contribution in [3.63, 3.8) is 0 Å². The molecule has 1 aromatic heterocycles. The Morgan fingerprint density at radius 1 is 1.41 bits per heavy atom. The molecule has 0 aliphatic carbocycles. The van der Waals surface area contributed by atoms with Crippen molar-refractivity contribution in [2.75, 3.05) is 45.2 Å². The van der Waals surface area contributed by atoms with Gasteiger partial charge in [-0.1, -0.05) is 6.07 Å². The molecule has 0 fully saturated rings. The molecule has 0 amide bonds. The summed E-state index contributed by atoms with van der Waals surface area (Å²) in [4.78, 5) is 17.5. The minimum Gasteiger partial charge on any atom is -0.480 e. The number of hydrogen-bond donors (Lipinski definition) is 3. The predicted octanol–water partition coefficient (Wildman–Crippen LogP) is 2.27. The van der Waals surface area contributed by atoms with E-state index in [0.717, 1.165) is 50.2 Å². The first-order chi connectivity index (χ1) is 13.5. The van der Waals surface area contributed by atoms with Crippen LogP contribution >= 0.6 is 12.4 Å². The molecule has 1 aliphatic rings. The number of aromatic nitrogens is 1. The summed E-state index contributed by atoms with van der Waals surface area (Å²) in [5.74, 6) is -0.0198. The highest BCUT2D eigenvalue weighted by molar-refractivity contribution is 5.85. The summed E-state index contributed by atoms with van der Waals surface area (Å²) in [5, 5.41) is 12.3. The van der Waals surface area contributed by atoms with Gasteiger partial charge in [-0.2, -0.15) is 0 Å². The van der Waals surface area contributed by atoms with E-state index >= 15 is 0 Å². The number of alkyl halides is 1. The zero-order valence-electron chi connectivity index (χ0n) is 17.1. The number of ether oxygens (including phenoxy) is 1. The van der Waals surface area contributed by atoms with Gasteiger partial charge < -0.3 is 25.8 Å². The van der Waals surface area contributed by atoms with E-state index in [2.05, 4.69) is 17.4 Å². The van der Waals surface area contributed by atoms with Gasteiger partial charge >= 0.3 is 5.97 Å². The van der Waals surface area contributed by atoms with E-state index in [1.165, 1.54) is 12.7 Å². The fourth-order valence-corrected chi connectivity index (χ4v) is 3.40. The fraction of sp³-hybridized carbons (Fsp3) is 0.700. The van der Waals surface area contributed by atoms with Crippen molar-refractivity contribution < 1.29 is 19.0 Å².